The Balaban J connectivity index is 2.61. The highest BCUT2D eigenvalue weighted by molar-refractivity contribution is 5.80. The van der Waals surface area contributed by atoms with E-state index < -0.39 is 17.7 Å². The van der Waals surface area contributed by atoms with Crippen LogP contribution in [0, 0.1) is 0 Å². The van der Waals surface area contributed by atoms with Crippen LogP contribution in [-0.4, -0.2) is 31.3 Å². The van der Waals surface area contributed by atoms with Gasteiger partial charge in [0.05, 0.1) is 7.11 Å². The number of halogens is 1. The lowest BCUT2D eigenvalue weighted by molar-refractivity contribution is -0.147. The Morgan fingerprint density at radius 3 is 2.82 bits per heavy atom. The van der Waals surface area contributed by atoms with Crippen molar-refractivity contribution in [1.82, 2.24) is 5.32 Å². The van der Waals surface area contributed by atoms with Gasteiger partial charge in [-0.15, -0.1) is 0 Å². The fraction of sp³-hybridized carbons (Fsp3) is 0.857. The van der Waals surface area contributed by atoms with Crippen molar-refractivity contribution in [1.29, 1.82) is 0 Å². The molecule has 0 amide bonds. The number of esters is 1. The maximum absolute atomic E-state index is 12.6. The molecule has 0 aliphatic carbocycles. The summed E-state index contributed by atoms with van der Waals surface area (Å²) in [6.45, 7) is 1.89. The summed E-state index contributed by atoms with van der Waals surface area (Å²) in [6.07, 6.45) is -0.723. The van der Waals surface area contributed by atoms with Crippen LogP contribution >= 0.6 is 0 Å². The summed E-state index contributed by atoms with van der Waals surface area (Å²) in [6, 6.07) is 0. The molecular weight excluding hydrogens is 149 g/mol. The molecule has 0 saturated carbocycles. The molecule has 1 N–H and O–H groups in total. The van der Waals surface area contributed by atoms with Gasteiger partial charge >= 0.3 is 5.97 Å². The van der Waals surface area contributed by atoms with Gasteiger partial charge in [-0.3, -0.25) is 10.1 Å². The summed E-state index contributed by atoms with van der Waals surface area (Å²) in [5.74, 6) is -0.391. The molecule has 2 atom stereocenters. The summed E-state index contributed by atoms with van der Waals surface area (Å²) in [5, 5.41) is 2.78. The van der Waals surface area contributed by atoms with Crippen LogP contribution in [0.3, 0.4) is 0 Å². The minimum atomic E-state index is -0.931. The lowest BCUT2D eigenvalue weighted by atomic mass is 10.0. The molecule has 0 aromatic carbocycles. The zero-order valence-electron chi connectivity index (χ0n) is 6.69. The molecule has 1 saturated heterocycles. The number of rotatable bonds is 1. The number of ether oxygens (including phenoxy) is 1. The van der Waals surface area contributed by atoms with Crippen LogP contribution in [0.15, 0.2) is 0 Å². The van der Waals surface area contributed by atoms with Crippen molar-refractivity contribution in [2.24, 2.45) is 0 Å². The fourth-order valence-corrected chi connectivity index (χ4v) is 1.30. The quantitative estimate of drug-likeness (QED) is 0.560. The fourth-order valence-electron chi connectivity index (χ4n) is 1.30. The third-order valence-corrected chi connectivity index (χ3v) is 1.98. The van der Waals surface area contributed by atoms with Gasteiger partial charge in [-0.1, -0.05) is 0 Å². The molecule has 0 bridgehead atoms. The monoisotopic (exact) mass is 161 g/mol. The van der Waals surface area contributed by atoms with Crippen molar-refractivity contribution in [3.8, 4) is 0 Å². The lowest BCUT2D eigenvalue weighted by Crippen LogP contribution is -2.45. The van der Waals surface area contributed by atoms with Crippen LogP contribution in [0.2, 0.25) is 0 Å². The average Bonchev–Trinajstić information content (AvgIpc) is 2.31. The largest absolute Gasteiger partial charge is 0.468 e. The molecule has 1 fully saturated rings. The topological polar surface area (TPSA) is 38.3 Å². The first kappa shape index (κ1) is 8.46. The van der Waals surface area contributed by atoms with Crippen LogP contribution in [0.25, 0.3) is 0 Å². The van der Waals surface area contributed by atoms with Crippen molar-refractivity contribution < 1.29 is 13.9 Å². The molecule has 4 heteroatoms. The number of methoxy groups -OCH3 is 1. The second-order valence-corrected chi connectivity index (χ2v) is 3.01. The van der Waals surface area contributed by atoms with Crippen LogP contribution in [0.5, 0.6) is 0 Å². The number of alkyl halides is 1. The maximum atomic E-state index is 12.6. The summed E-state index contributed by atoms with van der Waals surface area (Å²) >= 11 is 0. The molecule has 0 spiro atoms. The Hall–Kier alpha value is -0.640. The van der Waals surface area contributed by atoms with Crippen LogP contribution in [-0.2, 0) is 9.53 Å². The van der Waals surface area contributed by atoms with Crippen LogP contribution < -0.4 is 5.32 Å². The summed E-state index contributed by atoms with van der Waals surface area (Å²) in [7, 11) is 1.31. The van der Waals surface area contributed by atoms with Crippen molar-refractivity contribution in [2.45, 2.75) is 25.1 Å². The van der Waals surface area contributed by atoms with E-state index in [9.17, 15) is 9.18 Å². The standard InChI is InChI=1S/C7H12FNO2/c1-7(6(10)11-2)3-5(8)4-9-7/h5,9H,3-4H2,1-2H3/t5?,7-/m1/s1. The van der Waals surface area contributed by atoms with Gasteiger partial charge in [0, 0.05) is 13.0 Å². The molecule has 1 aliphatic heterocycles. The molecule has 1 heterocycles. The molecule has 11 heavy (non-hydrogen) atoms. The van der Waals surface area contributed by atoms with Gasteiger partial charge in [-0.05, 0) is 6.92 Å². The summed E-state index contributed by atoms with van der Waals surface area (Å²) < 4.78 is 17.2. The normalized spacial score (nSPS) is 37.2. The smallest absolute Gasteiger partial charge is 0.325 e. The maximum Gasteiger partial charge on any atom is 0.325 e. The molecule has 3 nitrogen and oxygen atoms in total. The van der Waals surface area contributed by atoms with E-state index in [1.165, 1.54) is 7.11 Å². The van der Waals surface area contributed by atoms with Gasteiger partial charge in [0.1, 0.15) is 11.7 Å². The molecule has 0 radical (unpaired) electrons. The molecule has 0 aromatic heterocycles. The van der Waals surface area contributed by atoms with Gasteiger partial charge in [-0.2, -0.15) is 0 Å². The molecule has 1 unspecified atom stereocenters. The van der Waals surface area contributed by atoms with Crippen LogP contribution in [0.4, 0.5) is 4.39 Å². The van der Waals surface area contributed by atoms with Crippen molar-refractivity contribution >= 4 is 5.97 Å². The third kappa shape index (κ3) is 1.50. The van der Waals surface area contributed by atoms with Crippen molar-refractivity contribution in [3.63, 3.8) is 0 Å². The summed E-state index contributed by atoms with van der Waals surface area (Å²) in [4.78, 5) is 11.0. The van der Waals surface area contributed by atoms with E-state index in [2.05, 4.69) is 10.1 Å². The highest BCUT2D eigenvalue weighted by Crippen LogP contribution is 2.22. The molecule has 64 valence electrons. The Labute approximate surface area is 64.9 Å². The van der Waals surface area contributed by atoms with E-state index in [1.807, 2.05) is 0 Å². The predicted octanol–water partition coefficient (Wildman–Crippen LogP) is 0.249. The average molecular weight is 161 g/mol. The van der Waals surface area contributed by atoms with Crippen molar-refractivity contribution in [2.75, 3.05) is 13.7 Å². The minimum Gasteiger partial charge on any atom is -0.468 e. The van der Waals surface area contributed by atoms with Crippen LogP contribution in [0.1, 0.15) is 13.3 Å². The van der Waals surface area contributed by atoms with E-state index in [-0.39, 0.29) is 13.0 Å². The molecule has 1 rings (SSSR count). The second-order valence-electron chi connectivity index (χ2n) is 3.01. The second kappa shape index (κ2) is 2.77. The minimum absolute atomic E-state index is 0.208. The number of carbonyl (C=O) groups excluding carboxylic acids is 1. The molecule has 0 aromatic rings. The Morgan fingerprint density at radius 1 is 1.82 bits per heavy atom. The van der Waals surface area contributed by atoms with E-state index in [4.69, 9.17) is 0 Å². The van der Waals surface area contributed by atoms with Crippen molar-refractivity contribution in [3.05, 3.63) is 0 Å². The molecular formula is C7H12FNO2. The first-order valence-corrected chi connectivity index (χ1v) is 3.56. The zero-order chi connectivity index (χ0) is 8.48. The van der Waals surface area contributed by atoms with E-state index in [0.29, 0.717) is 0 Å². The van der Waals surface area contributed by atoms with Gasteiger partial charge in [0.2, 0.25) is 0 Å². The highest BCUT2D eigenvalue weighted by Gasteiger charge is 2.41. The number of hydrogen-bond donors (Lipinski definition) is 1. The SMILES string of the molecule is COC(=O)[C@@]1(C)CC(F)CN1. The summed E-state index contributed by atoms with van der Waals surface area (Å²) in [5.41, 5.74) is -0.811. The zero-order valence-corrected chi connectivity index (χ0v) is 6.69. The van der Waals surface area contributed by atoms with Gasteiger partial charge in [0.15, 0.2) is 0 Å². The van der Waals surface area contributed by atoms with E-state index in [0.717, 1.165) is 0 Å². The van der Waals surface area contributed by atoms with E-state index in [1.54, 1.807) is 6.92 Å². The number of hydrogen-bond acceptors (Lipinski definition) is 3. The van der Waals surface area contributed by atoms with Gasteiger partial charge < -0.3 is 4.74 Å². The first-order chi connectivity index (χ1) is 5.08. The molecule has 1 aliphatic rings. The van der Waals surface area contributed by atoms with E-state index >= 15 is 0 Å². The van der Waals surface area contributed by atoms with Gasteiger partial charge in [0.25, 0.3) is 0 Å². The third-order valence-electron chi connectivity index (χ3n) is 1.98. The Kier molecular flexibility index (Phi) is 2.13. The first-order valence-electron chi connectivity index (χ1n) is 3.56. The number of nitrogens with one attached hydrogen (secondary N) is 1. The Bertz CT molecular complexity index is 174. The number of carbonyl (C=O) groups is 1. The highest BCUT2D eigenvalue weighted by atomic mass is 19.1. The lowest BCUT2D eigenvalue weighted by Gasteiger charge is -2.19. The predicted molar refractivity (Wildman–Crippen MR) is 37.9 cm³/mol. The van der Waals surface area contributed by atoms with Gasteiger partial charge in [-0.25, -0.2) is 4.39 Å². The Morgan fingerprint density at radius 2 is 2.45 bits per heavy atom.